The van der Waals surface area contributed by atoms with Crippen LogP contribution in [0.4, 0.5) is 0 Å². The van der Waals surface area contributed by atoms with Crippen molar-refractivity contribution >= 4 is 29.4 Å². The van der Waals surface area contributed by atoms with Crippen molar-refractivity contribution in [3.05, 3.63) is 53.9 Å². The van der Waals surface area contributed by atoms with E-state index in [2.05, 4.69) is 5.10 Å². The Labute approximate surface area is 151 Å². The number of amides is 1. The van der Waals surface area contributed by atoms with E-state index in [1.165, 1.54) is 11.0 Å². The van der Waals surface area contributed by atoms with Crippen molar-refractivity contribution in [1.29, 1.82) is 0 Å². The molecule has 6 nitrogen and oxygen atoms in total. The number of ether oxygens (including phenoxy) is 1. The van der Waals surface area contributed by atoms with Gasteiger partial charge in [0.25, 0.3) is 5.91 Å². The highest BCUT2D eigenvalue weighted by molar-refractivity contribution is 6.17. The van der Waals surface area contributed by atoms with Gasteiger partial charge in [-0.1, -0.05) is 0 Å². The van der Waals surface area contributed by atoms with Gasteiger partial charge in [0, 0.05) is 37.3 Å². The Hall–Kier alpha value is -2.60. The lowest BCUT2D eigenvalue weighted by Crippen LogP contribution is -2.27. The Balaban J connectivity index is 1.93. The summed E-state index contributed by atoms with van der Waals surface area (Å²) in [5.74, 6) is 0.773. The van der Waals surface area contributed by atoms with Crippen molar-refractivity contribution in [2.24, 2.45) is 0 Å². The summed E-state index contributed by atoms with van der Waals surface area (Å²) in [5.41, 5.74) is 1.37. The molecule has 1 aromatic heterocycles. The zero-order chi connectivity index (χ0) is 18.2. The molecule has 0 saturated heterocycles. The largest absolute Gasteiger partial charge is 0.484 e. The van der Waals surface area contributed by atoms with Crippen LogP contribution in [-0.2, 0) is 11.3 Å². The number of hydrogen-bond donors (Lipinski definition) is 0. The summed E-state index contributed by atoms with van der Waals surface area (Å²) in [6.45, 7) is 0.591. The molecule has 0 aliphatic carbocycles. The van der Waals surface area contributed by atoms with Crippen LogP contribution in [0.2, 0.25) is 0 Å². The maximum absolute atomic E-state index is 12.2. The normalized spacial score (nSPS) is 10.8. The van der Waals surface area contributed by atoms with Gasteiger partial charge in [-0.25, -0.2) is 0 Å². The third-order valence-corrected chi connectivity index (χ3v) is 3.56. The Morgan fingerprint density at radius 3 is 2.64 bits per heavy atom. The summed E-state index contributed by atoms with van der Waals surface area (Å²) in [4.78, 5) is 25.1. The van der Waals surface area contributed by atoms with E-state index in [0.717, 1.165) is 5.56 Å². The minimum Gasteiger partial charge on any atom is -0.484 e. The van der Waals surface area contributed by atoms with Gasteiger partial charge in [-0.15, -0.1) is 11.6 Å². The van der Waals surface area contributed by atoms with E-state index in [0.29, 0.717) is 23.7 Å². The molecule has 0 atom stereocenters. The average molecular weight is 362 g/mol. The van der Waals surface area contributed by atoms with E-state index >= 15 is 0 Å². The number of benzene rings is 1. The van der Waals surface area contributed by atoms with Crippen LogP contribution < -0.4 is 4.74 Å². The molecule has 0 fully saturated rings. The Morgan fingerprint density at radius 2 is 2.00 bits per heavy atom. The summed E-state index contributed by atoms with van der Waals surface area (Å²) in [6, 6.07) is 6.67. The average Bonchev–Trinajstić information content (AvgIpc) is 3.05. The van der Waals surface area contributed by atoms with E-state index < -0.39 is 0 Å². The number of carbonyl (C=O) groups excluding carboxylic acids is 2. The number of nitrogens with zero attached hydrogens (tertiary/aromatic N) is 3. The van der Waals surface area contributed by atoms with Crippen molar-refractivity contribution in [2.75, 3.05) is 26.6 Å². The summed E-state index contributed by atoms with van der Waals surface area (Å²) in [6.07, 6.45) is 6.70. The molecule has 2 aromatic rings. The van der Waals surface area contributed by atoms with Crippen LogP contribution in [0.1, 0.15) is 15.9 Å². The number of allylic oxidation sites excluding steroid dienone is 1. The molecule has 0 bridgehead atoms. The first kappa shape index (κ1) is 18.7. The molecule has 1 amide bonds. The third-order valence-electron chi connectivity index (χ3n) is 3.39. The minimum atomic E-state index is -0.127. The molecule has 0 radical (unpaired) electrons. The van der Waals surface area contributed by atoms with Crippen LogP contribution >= 0.6 is 11.6 Å². The molecule has 1 heterocycles. The fraction of sp³-hybridized carbons (Fsp3) is 0.278. The van der Waals surface area contributed by atoms with Gasteiger partial charge >= 0.3 is 0 Å². The minimum absolute atomic E-state index is 0.0352. The van der Waals surface area contributed by atoms with Gasteiger partial charge in [0.2, 0.25) is 0 Å². The van der Waals surface area contributed by atoms with Crippen molar-refractivity contribution in [1.82, 2.24) is 14.7 Å². The molecule has 0 saturated carbocycles. The molecule has 2 rings (SSSR count). The van der Waals surface area contributed by atoms with Crippen LogP contribution in [0.25, 0.3) is 6.08 Å². The first-order chi connectivity index (χ1) is 12.0. The van der Waals surface area contributed by atoms with Crippen LogP contribution in [0.5, 0.6) is 5.75 Å². The van der Waals surface area contributed by atoms with Gasteiger partial charge in [0.15, 0.2) is 12.4 Å². The Morgan fingerprint density at radius 1 is 1.28 bits per heavy atom. The van der Waals surface area contributed by atoms with E-state index in [1.54, 1.807) is 55.3 Å². The van der Waals surface area contributed by atoms with E-state index in [1.807, 2.05) is 6.20 Å². The quantitative estimate of drug-likeness (QED) is 0.411. The molecule has 7 heteroatoms. The Kier molecular flexibility index (Phi) is 6.77. The van der Waals surface area contributed by atoms with E-state index in [4.69, 9.17) is 16.3 Å². The number of alkyl halides is 1. The zero-order valence-electron chi connectivity index (χ0n) is 14.2. The number of halogens is 1. The molecule has 25 heavy (non-hydrogen) atoms. The van der Waals surface area contributed by atoms with Crippen LogP contribution in [0.3, 0.4) is 0 Å². The molecule has 0 aliphatic heterocycles. The molecule has 0 aliphatic rings. The van der Waals surface area contributed by atoms with Gasteiger partial charge in [-0.3, -0.25) is 14.3 Å². The second-order valence-corrected chi connectivity index (χ2v) is 5.90. The van der Waals surface area contributed by atoms with Crippen LogP contribution in [-0.4, -0.2) is 53.0 Å². The number of hydrogen-bond acceptors (Lipinski definition) is 4. The van der Waals surface area contributed by atoms with Crippen molar-refractivity contribution in [3.63, 3.8) is 0 Å². The number of carbonyl (C=O) groups is 2. The fourth-order valence-corrected chi connectivity index (χ4v) is 2.11. The SMILES string of the molecule is CN(C)C(=O)COc1ccc(C(=O)C=Cc2cnn(CCCl)c2)cc1. The summed E-state index contributed by atoms with van der Waals surface area (Å²) < 4.78 is 7.10. The molecule has 0 unspecified atom stereocenters. The van der Waals surface area contributed by atoms with E-state index in [-0.39, 0.29) is 18.3 Å². The monoisotopic (exact) mass is 361 g/mol. The third kappa shape index (κ3) is 5.76. The molecule has 1 aromatic carbocycles. The molecule has 0 spiro atoms. The van der Waals surface area contributed by atoms with Gasteiger partial charge in [0.1, 0.15) is 5.75 Å². The van der Waals surface area contributed by atoms with E-state index in [9.17, 15) is 9.59 Å². The van der Waals surface area contributed by atoms with Crippen LogP contribution in [0, 0.1) is 0 Å². The van der Waals surface area contributed by atoms with Gasteiger partial charge in [-0.05, 0) is 36.4 Å². The topological polar surface area (TPSA) is 64.4 Å². The smallest absolute Gasteiger partial charge is 0.259 e. The lowest BCUT2D eigenvalue weighted by Gasteiger charge is -2.11. The predicted molar refractivity (Wildman–Crippen MR) is 96.9 cm³/mol. The fourth-order valence-electron chi connectivity index (χ4n) is 1.93. The van der Waals surface area contributed by atoms with Gasteiger partial charge in [-0.2, -0.15) is 5.10 Å². The highest BCUT2D eigenvalue weighted by atomic mass is 35.5. The van der Waals surface area contributed by atoms with Crippen molar-refractivity contribution in [2.45, 2.75) is 6.54 Å². The highest BCUT2D eigenvalue weighted by Crippen LogP contribution is 2.13. The molecular weight excluding hydrogens is 342 g/mol. The maximum Gasteiger partial charge on any atom is 0.259 e. The lowest BCUT2D eigenvalue weighted by atomic mass is 10.1. The number of rotatable bonds is 8. The van der Waals surface area contributed by atoms with Crippen LogP contribution in [0.15, 0.2) is 42.7 Å². The molecule has 132 valence electrons. The number of aryl methyl sites for hydroxylation is 1. The molecular formula is C18H20ClN3O3. The second kappa shape index (κ2) is 9.03. The summed E-state index contributed by atoms with van der Waals surface area (Å²) in [7, 11) is 3.33. The van der Waals surface area contributed by atoms with Crippen molar-refractivity contribution in [3.8, 4) is 5.75 Å². The highest BCUT2D eigenvalue weighted by Gasteiger charge is 2.06. The van der Waals surface area contributed by atoms with Gasteiger partial charge < -0.3 is 9.64 Å². The predicted octanol–water partition coefficient (Wildman–Crippen LogP) is 2.49. The number of likely N-dealkylation sites (N-methyl/N-ethyl adjacent to an activating group) is 1. The first-order valence-corrected chi connectivity index (χ1v) is 8.27. The van der Waals surface area contributed by atoms with Gasteiger partial charge in [0.05, 0.1) is 12.7 Å². The second-order valence-electron chi connectivity index (χ2n) is 5.52. The Bertz CT molecular complexity index is 751. The van der Waals surface area contributed by atoms with Crippen molar-refractivity contribution < 1.29 is 14.3 Å². The number of ketones is 1. The first-order valence-electron chi connectivity index (χ1n) is 7.73. The maximum atomic E-state index is 12.2. The lowest BCUT2D eigenvalue weighted by molar-refractivity contribution is -0.130. The summed E-state index contributed by atoms with van der Waals surface area (Å²) in [5, 5.41) is 4.14. The number of aromatic nitrogens is 2. The molecule has 0 N–H and O–H groups in total. The zero-order valence-corrected chi connectivity index (χ0v) is 14.9. The standard InChI is InChI=1S/C18H20ClN3O3/c1-21(2)18(24)13-25-16-6-4-15(5-7-16)17(23)8-3-14-11-20-22(12-14)10-9-19/h3-8,11-12H,9-10,13H2,1-2H3. The summed E-state index contributed by atoms with van der Waals surface area (Å²) >= 11 is 5.66.